The van der Waals surface area contributed by atoms with Crippen LogP contribution in [0.4, 0.5) is 11.4 Å². The van der Waals surface area contributed by atoms with Gasteiger partial charge in [0.05, 0.1) is 10.6 Å². The summed E-state index contributed by atoms with van der Waals surface area (Å²) in [6.07, 6.45) is 0. The number of rotatable bonds is 2. The molecule has 116 valence electrons. The first-order valence-electron chi connectivity index (χ1n) is 6.67. The van der Waals surface area contributed by atoms with Crippen LogP contribution in [0.25, 0.3) is 0 Å². The monoisotopic (exact) mass is 304 g/mol. The summed E-state index contributed by atoms with van der Waals surface area (Å²) in [7, 11) is 3.59. The van der Waals surface area contributed by atoms with Crippen molar-refractivity contribution in [2.45, 2.75) is 25.2 Å². The molecule has 0 aromatic heterocycles. The fourth-order valence-corrected chi connectivity index (χ4v) is 3.01. The summed E-state index contributed by atoms with van der Waals surface area (Å²) in [5.74, 6) is -0.830. The smallest absolute Gasteiger partial charge is 0.258 e. The number of nitrogens with zero attached hydrogens (tertiary/aromatic N) is 8. The summed E-state index contributed by atoms with van der Waals surface area (Å²) < 4.78 is 0. The van der Waals surface area contributed by atoms with Gasteiger partial charge < -0.3 is 0 Å². The fraction of sp³-hybridized carbons (Fsp3) is 0.500. The van der Waals surface area contributed by atoms with E-state index in [1.165, 1.54) is 12.1 Å². The Bertz CT molecular complexity index is 656. The van der Waals surface area contributed by atoms with Crippen LogP contribution in [0.2, 0.25) is 0 Å². The minimum Gasteiger partial charge on any atom is -0.258 e. The number of benzene rings is 1. The van der Waals surface area contributed by atoms with Crippen LogP contribution in [0.5, 0.6) is 0 Å². The molecule has 0 atom stereocenters. The molecule has 1 aromatic carbocycles. The molecule has 2 aliphatic rings. The third-order valence-corrected chi connectivity index (χ3v) is 4.02. The molecule has 0 saturated heterocycles. The highest BCUT2D eigenvalue weighted by Crippen LogP contribution is 2.47. The Balaban J connectivity index is 2.06. The minimum absolute atomic E-state index is 0.0238. The molecule has 2 heterocycles. The zero-order chi connectivity index (χ0) is 16.1. The molecule has 0 amide bonds. The first-order valence-corrected chi connectivity index (χ1v) is 6.67. The van der Waals surface area contributed by atoms with Crippen LogP contribution in [0.15, 0.2) is 45.0 Å². The van der Waals surface area contributed by atoms with Gasteiger partial charge in [-0.05, 0) is 36.4 Å². The molecular weight excluding hydrogens is 288 g/mol. The highest BCUT2D eigenvalue weighted by molar-refractivity contribution is 5.53. The number of likely N-dealkylation sites (N-methyl/N-ethyl adjacent to an activating group) is 2. The van der Waals surface area contributed by atoms with Crippen LogP contribution < -0.4 is 5.01 Å². The fourth-order valence-electron chi connectivity index (χ4n) is 3.01. The van der Waals surface area contributed by atoms with E-state index in [4.69, 9.17) is 0 Å². The molecule has 10 nitrogen and oxygen atoms in total. The number of hydrogen-bond donors (Lipinski definition) is 0. The molecule has 0 fully saturated rings. The Hall–Kier alpha value is -2.78. The molecule has 2 aliphatic heterocycles. The summed E-state index contributed by atoms with van der Waals surface area (Å²) in [6.45, 7) is 3.87. The van der Waals surface area contributed by atoms with E-state index in [2.05, 4.69) is 20.8 Å². The molecule has 0 radical (unpaired) electrons. The average Bonchev–Trinajstić information content (AvgIpc) is 2.92. The highest BCUT2D eigenvalue weighted by Gasteiger charge is 2.64. The summed E-state index contributed by atoms with van der Waals surface area (Å²) in [4.78, 5) is 10.4. The predicted molar refractivity (Wildman–Crippen MR) is 77.6 cm³/mol. The number of anilines is 1. The van der Waals surface area contributed by atoms with E-state index in [1.54, 1.807) is 41.3 Å². The van der Waals surface area contributed by atoms with Gasteiger partial charge in [0.2, 0.25) is 0 Å². The van der Waals surface area contributed by atoms with Crippen LogP contribution in [-0.2, 0) is 0 Å². The second-order valence-corrected chi connectivity index (χ2v) is 5.70. The summed E-state index contributed by atoms with van der Waals surface area (Å²) in [5, 5.41) is 32.6. The van der Waals surface area contributed by atoms with Crippen molar-refractivity contribution in [2.24, 2.45) is 20.8 Å². The maximum absolute atomic E-state index is 10.8. The zero-order valence-corrected chi connectivity index (χ0v) is 12.7. The average molecular weight is 304 g/mol. The molecule has 0 saturated carbocycles. The van der Waals surface area contributed by atoms with Gasteiger partial charge >= 0.3 is 0 Å². The van der Waals surface area contributed by atoms with Crippen molar-refractivity contribution in [3.8, 4) is 0 Å². The first-order chi connectivity index (χ1) is 10.3. The predicted octanol–water partition coefficient (Wildman–Crippen LogP) is 2.37. The molecule has 1 aromatic rings. The topological polar surface area (TPSA) is 102 Å². The van der Waals surface area contributed by atoms with Gasteiger partial charge in [-0.2, -0.15) is 10.1 Å². The third-order valence-electron chi connectivity index (χ3n) is 4.02. The molecular formula is C12H16N8O2. The summed E-state index contributed by atoms with van der Waals surface area (Å²) >= 11 is 0. The number of hydrogen-bond acceptors (Lipinski definition) is 9. The van der Waals surface area contributed by atoms with Crippen LogP contribution >= 0.6 is 0 Å². The molecule has 1 spiro atoms. The molecule has 0 N–H and O–H groups in total. The van der Waals surface area contributed by atoms with Crippen LogP contribution in [0, 0.1) is 10.1 Å². The van der Waals surface area contributed by atoms with Crippen LogP contribution in [0.1, 0.15) is 13.8 Å². The Morgan fingerprint density at radius 1 is 1.05 bits per heavy atom. The lowest BCUT2D eigenvalue weighted by molar-refractivity contribution is -0.384. The second-order valence-electron chi connectivity index (χ2n) is 5.70. The molecule has 0 aliphatic carbocycles. The number of nitro groups is 1. The van der Waals surface area contributed by atoms with E-state index < -0.39 is 16.2 Å². The molecule has 22 heavy (non-hydrogen) atoms. The standard InChI is InChI=1S/C12H16N8O2/c1-11(2)12(17(3)15-16-18(12)4)19(14-13-11)9-5-7-10(8-6-9)20(21)22/h5-8H,1-4H3. The van der Waals surface area contributed by atoms with E-state index in [1.807, 2.05) is 13.8 Å². The van der Waals surface area contributed by atoms with Crippen molar-refractivity contribution in [2.75, 3.05) is 19.1 Å². The second kappa shape index (κ2) is 4.36. The molecule has 0 unspecified atom stereocenters. The van der Waals surface area contributed by atoms with Gasteiger partial charge in [-0.3, -0.25) is 10.1 Å². The normalized spacial score (nSPS) is 21.2. The van der Waals surface area contributed by atoms with E-state index in [9.17, 15) is 10.1 Å². The number of nitro benzene ring substituents is 1. The Morgan fingerprint density at radius 2 is 1.59 bits per heavy atom. The van der Waals surface area contributed by atoms with Crippen LogP contribution in [0.3, 0.4) is 0 Å². The molecule has 10 heteroatoms. The first kappa shape index (κ1) is 14.2. The quantitative estimate of drug-likeness (QED) is 0.616. The maximum Gasteiger partial charge on any atom is 0.272 e. The number of non-ortho nitro benzene ring substituents is 1. The minimum atomic E-state index is -0.830. The van der Waals surface area contributed by atoms with Crippen molar-refractivity contribution < 1.29 is 4.92 Å². The Morgan fingerprint density at radius 3 is 2.09 bits per heavy atom. The van der Waals surface area contributed by atoms with Crippen molar-refractivity contribution in [1.29, 1.82) is 0 Å². The van der Waals surface area contributed by atoms with Gasteiger partial charge in [-0.15, -0.1) is 0 Å². The van der Waals surface area contributed by atoms with Crippen molar-refractivity contribution in [3.05, 3.63) is 34.4 Å². The lowest BCUT2D eigenvalue weighted by Crippen LogP contribution is -2.69. The van der Waals surface area contributed by atoms with Gasteiger partial charge in [0.15, 0.2) is 0 Å². The van der Waals surface area contributed by atoms with E-state index in [0.717, 1.165) is 0 Å². The zero-order valence-electron chi connectivity index (χ0n) is 12.7. The Labute approximate surface area is 126 Å². The molecule has 0 bridgehead atoms. The van der Waals surface area contributed by atoms with Gasteiger partial charge in [-0.1, -0.05) is 5.22 Å². The highest BCUT2D eigenvalue weighted by atomic mass is 16.6. The SMILES string of the molecule is CN1N=NN(C)C12N(c1ccc([N+](=O)[O-])cc1)N=NC2(C)C. The lowest BCUT2D eigenvalue weighted by atomic mass is 9.94. The van der Waals surface area contributed by atoms with Crippen LogP contribution in [-0.4, -0.2) is 40.4 Å². The van der Waals surface area contributed by atoms with Crippen molar-refractivity contribution in [1.82, 2.24) is 10.0 Å². The van der Waals surface area contributed by atoms with Gasteiger partial charge in [0.1, 0.15) is 5.54 Å². The summed E-state index contributed by atoms with van der Waals surface area (Å²) in [6, 6.07) is 6.15. The maximum atomic E-state index is 10.8. The van der Waals surface area contributed by atoms with E-state index >= 15 is 0 Å². The van der Waals surface area contributed by atoms with Gasteiger partial charge in [0, 0.05) is 26.2 Å². The van der Waals surface area contributed by atoms with Crippen molar-refractivity contribution >= 4 is 11.4 Å². The van der Waals surface area contributed by atoms with Gasteiger partial charge in [0.25, 0.3) is 11.5 Å². The van der Waals surface area contributed by atoms with E-state index in [0.29, 0.717) is 5.69 Å². The van der Waals surface area contributed by atoms with E-state index in [-0.39, 0.29) is 5.69 Å². The van der Waals surface area contributed by atoms with Gasteiger partial charge in [-0.25, -0.2) is 10.0 Å². The Kier molecular flexibility index (Phi) is 2.81. The van der Waals surface area contributed by atoms with Crippen molar-refractivity contribution in [3.63, 3.8) is 0 Å². The third kappa shape index (κ3) is 1.60. The lowest BCUT2D eigenvalue weighted by Gasteiger charge is -2.46. The summed E-state index contributed by atoms with van der Waals surface area (Å²) in [5.41, 5.74) is 0.0866. The molecule has 3 rings (SSSR count). The largest absolute Gasteiger partial charge is 0.272 e.